The van der Waals surface area contributed by atoms with Gasteiger partial charge >= 0.3 is 6.18 Å². The highest BCUT2D eigenvalue weighted by Gasteiger charge is 2.35. The molecule has 2 aromatic heterocycles. The third-order valence-electron chi connectivity index (χ3n) is 5.16. The molecule has 1 aliphatic carbocycles. The number of aromatic nitrogens is 2. The minimum absolute atomic E-state index is 0.0663. The number of pyridine rings is 2. The van der Waals surface area contributed by atoms with Crippen LogP contribution in [0.2, 0.25) is 0 Å². The maximum absolute atomic E-state index is 13.3. The molecule has 1 amide bonds. The summed E-state index contributed by atoms with van der Waals surface area (Å²) in [6.45, 7) is 2.04. The number of hydrogen-bond acceptors (Lipinski definition) is 6. The standard InChI is InChI=1S/C22H25F3N4O3S/c1-3-17-15(5-4-11-26-17)13-27-20-16(8-9-19(29-20)22(23,24)25)21(30)28-18(14-6-7-14)10-12-33(2,31)32/h4-5,8-12,14,18H,3,6-7,13H2,1-2H3,(H,27,29)(H,28,30)/b12-10+/t18-/m1/s1. The number of nitrogens with one attached hydrogen (secondary N) is 2. The molecule has 1 atom stereocenters. The average Bonchev–Trinajstić information content (AvgIpc) is 3.59. The Kier molecular flexibility index (Phi) is 7.41. The Morgan fingerprint density at radius 2 is 2.00 bits per heavy atom. The van der Waals surface area contributed by atoms with Crippen LogP contribution in [0, 0.1) is 5.92 Å². The first-order valence-corrected chi connectivity index (χ1v) is 12.4. The summed E-state index contributed by atoms with van der Waals surface area (Å²) in [5.74, 6) is -0.779. The van der Waals surface area contributed by atoms with Gasteiger partial charge in [0.15, 0.2) is 9.84 Å². The number of hydrogen-bond donors (Lipinski definition) is 2. The highest BCUT2D eigenvalue weighted by atomic mass is 32.2. The fourth-order valence-corrected chi connectivity index (χ4v) is 3.75. The normalized spacial score (nSPS) is 15.4. The van der Waals surface area contributed by atoms with E-state index in [1.807, 2.05) is 6.92 Å². The lowest BCUT2D eigenvalue weighted by molar-refractivity contribution is -0.141. The third-order valence-corrected chi connectivity index (χ3v) is 5.81. The van der Waals surface area contributed by atoms with E-state index in [9.17, 15) is 26.4 Å². The van der Waals surface area contributed by atoms with Crippen LogP contribution >= 0.6 is 0 Å². The third kappa shape index (κ3) is 7.01. The molecule has 0 radical (unpaired) electrons. The molecule has 0 spiro atoms. The minimum atomic E-state index is -4.68. The number of carbonyl (C=O) groups excluding carboxylic acids is 1. The zero-order chi connectivity index (χ0) is 24.2. The topological polar surface area (TPSA) is 101 Å². The summed E-state index contributed by atoms with van der Waals surface area (Å²) >= 11 is 0. The van der Waals surface area contributed by atoms with Gasteiger partial charge < -0.3 is 10.6 Å². The molecular formula is C22H25F3N4O3S. The first kappa shape index (κ1) is 24.7. The van der Waals surface area contributed by atoms with E-state index in [4.69, 9.17) is 0 Å². The smallest absolute Gasteiger partial charge is 0.365 e. The Hall–Kier alpha value is -2.95. The second kappa shape index (κ2) is 9.90. The number of sulfone groups is 1. The van der Waals surface area contributed by atoms with E-state index >= 15 is 0 Å². The number of rotatable bonds is 9. The van der Waals surface area contributed by atoms with E-state index in [-0.39, 0.29) is 23.8 Å². The maximum atomic E-state index is 13.3. The number of amides is 1. The second-order valence-electron chi connectivity index (χ2n) is 7.90. The number of halogens is 3. The summed E-state index contributed by atoms with van der Waals surface area (Å²) in [7, 11) is -3.39. The fraction of sp³-hybridized carbons (Fsp3) is 0.409. The molecule has 0 saturated heterocycles. The van der Waals surface area contributed by atoms with Crippen LogP contribution in [0.3, 0.4) is 0 Å². The van der Waals surface area contributed by atoms with Crippen molar-refractivity contribution in [2.75, 3.05) is 11.6 Å². The van der Waals surface area contributed by atoms with Gasteiger partial charge in [-0.15, -0.1) is 0 Å². The summed E-state index contributed by atoms with van der Waals surface area (Å²) in [4.78, 5) is 20.9. The molecule has 2 aromatic rings. The molecule has 1 saturated carbocycles. The van der Waals surface area contributed by atoms with E-state index in [0.717, 1.165) is 47.9 Å². The zero-order valence-electron chi connectivity index (χ0n) is 18.2. The maximum Gasteiger partial charge on any atom is 0.433 e. The van der Waals surface area contributed by atoms with Crippen LogP contribution in [0.15, 0.2) is 41.9 Å². The van der Waals surface area contributed by atoms with Crippen LogP contribution in [0.1, 0.15) is 47.1 Å². The van der Waals surface area contributed by atoms with Crippen LogP contribution in [0.4, 0.5) is 19.0 Å². The first-order valence-electron chi connectivity index (χ1n) is 10.4. The Morgan fingerprint density at radius 1 is 1.27 bits per heavy atom. The highest BCUT2D eigenvalue weighted by molar-refractivity contribution is 7.93. The molecule has 3 rings (SSSR count). The summed E-state index contributed by atoms with van der Waals surface area (Å²) in [6, 6.07) is 4.79. The zero-order valence-corrected chi connectivity index (χ0v) is 19.0. The van der Waals surface area contributed by atoms with E-state index in [0.29, 0.717) is 6.42 Å². The molecular weight excluding hydrogens is 457 g/mol. The van der Waals surface area contributed by atoms with Crippen LogP contribution in [-0.2, 0) is 29.0 Å². The van der Waals surface area contributed by atoms with Crippen molar-refractivity contribution in [3.8, 4) is 0 Å². The SMILES string of the molecule is CCc1ncccc1CNc1nc(C(F)(F)F)ccc1C(=O)N[C@H](/C=C/S(C)(=O)=O)C1CC1. The van der Waals surface area contributed by atoms with Crippen molar-refractivity contribution in [3.05, 3.63) is 64.5 Å². The molecule has 0 unspecified atom stereocenters. The molecule has 0 aliphatic heterocycles. The van der Waals surface area contributed by atoms with Crippen molar-refractivity contribution in [3.63, 3.8) is 0 Å². The Morgan fingerprint density at radius 3 is 2.61 bits per heavy atom. The number of carbonyl (C=O) groups is 1. The van der Waals surface area contributed by atoms with E-state index in [2.05, 4.69) is 20.6 Å². The molecule has 33 heavy (non-hydrogen) atoms. The molecule has 1 fully saturated rings. The summed E-state index contributed by atoms with van der Waals surface area (Å²) in [6.07, 6.45) is 1.66. The number of anilines is 1. The van der Waals surface area contributed by atoms with Gasteiger partial charge in [-0.1, -0.05) is 19.1 Å². The van der Waals surface area contributed by atoms with Crippen LogP contribution in [0.5, 0.6) is 0 Å². The van der Waals surface area contributed by atoms with Gasteiger partial charge in [-0.05, 0) is 48.9 Å². The van der Waals surface area contributed by atoms with Gasteiger partial charge in [0.2, 0.25) is 0 Å². The van der Waals surface area contributed by atoms with Crippen LogP contribution in [-0.4, -0.2) is 36.6 Å². The molecule has 1 aliphatic rings. The molecule has 0 bridgehead atoms. The van der Waals surface area contributed by atoms with E-state index < -0.39 is 33.7 Å². The van der Waals surface area contributed by atoms with Crippen LogP contribution < -0.4 is 10.6 Å². The van der Waals surface area contributed by atoms with Gasteiger partial charge in [0.25, 0.3) is 5.91 Å². The van der Waals surface area contributed by atoms with Gasteiger partial charge in [-0.2, -0.15) is 13.2 Å². The Labute approximate surface area is 190 Å². The molecule has 178 valence electrons. The lowest BCUT2D eigenvalue weighted by atomic mass is 10.1. The largest absolute Gasteiger partial charge is 0.433 e. The molecule has 2 N–H and O–H groups in total. The van der Waals surface area contributed by atoms with Crippen molar-refractivity contribution >= 4 is 21.6 Å². The molecule has 0 aromatic carbocycles. The predicted molar refractivity (Wildman–Crippen MR) is 118 cm³/mol. The number of aryl methyl sites for hydroxylation is 1. The van der Waals surface area contributed by atoms with Crippen molar-refractivity contribution in [2.24, 2.45) is 5.92 Å². The van der Waals surface area contributed by atoms with Gasteiger partial charge in [0, 0.05) is 30.1 Å². The van der Waals surface area contributed by atoms with Gasteiger partial charge in [-0.3, -0.25) is 9.78 Å². The molecule has 2 heterocycles. The lowest BCUT2D eigenvalue weighted by Crippen LogP contribution is -2.35. The summed E-state index contributed by atoms with van der Waals surface area (Å²) in [5.41, 5.74) is 0.364. The van der Waals surface area contributed by atoms with Gasteiger partial charge in [0.1, 0.15) is 11.5 Å². The van der Waals surface area contributed by atoms with Crippen molar-refractivity contribution in [1.29, 1.82) is 0 Å². The van der Waals surface area contributed by atoms with E-state index in [1.165, 1.54) is 6.08 Å². The molecule has 7 nitrogen and oxygen atoms in total. The van der Waals surface area contributed by atoms with E-state index in [1.54, 1.807) is 18.3 Å². The van der Waals surface area contributed by atoms with Crippen LogP contribution in [0.25, 0.3) is 0 Å². The van der Waals surface area contributed by atoms with Crippen molar-refractivity contribution in [2.45, 2.75) is 44.9 Å². The highest BCUT2D eigenvalue weighted by Crippen LogP contribution is 2.34. The summed E-state index contributed by atoms with van der Waals surface area (Å²) < 4.78 is 62.7. The number of alkyl halides is 3. The molecule has 11 heteroatoms. The first-order chi connectivity index (χ1) is 15.5. The predicted octanol–water partition coefficient (Wildman–Crippen LogP) is 3.74. The number of nitrogens with zero attached hydrogens (tertiary/aromatic N) is 2. The van der Waals surface area contributed by atoms with Gasteiger partial charge in [0.05, 0.1) is 11.6 Å². The average molecular weight is 483 g/mol. The Bertz CT molecular complexity index is 1150. The Balaban J connectivity index is 1.88. The van der Waals surface area contributed by atoms with Crippen molar-refractivity contribution < 1.29 is 26.4 Å². The summed E-state index contributed by atoms with van der Waals surface area (Å²) in [5, 5.41) is 6.59. The quantitative estimate of drug-likeness (QED) is 0.565. The van der Waals surface area contributed by atoms with Gasteiger partial charge in [-0.25, -0.2) is 13.4 Å². The lowest BCUT2D eigenvalue weighted by Gasteiger charge is -2.18. The fourth-order valence-electron chi connectivity index (χ4n) is 3.30. The van der Waals surface area contributed by atoms with Crippen molar-refractivity contribution in [1.82, 2.24) is 15.3 Å². The monoisotopic (exact) mass is 482 g/mol. The second-order valence-corrected chi connectivity index (χ2v) is 9.83. The minimum Gasteiger partial charge on any atom is -0.365 e.